The Labute approximate surface area is 151 Å². The van der Waals surface area contributed by atoms with Crippen molar-refractivity contribution in [3.8, 4) is 5.75 Å². The number of allylic oxidation sites excluding steroid dienone is 1. The van der Waals surface area contributed by atoms with Crippen molar-refractivity contribution >= 4 is 27.4 Å². The number of likely N-dealkylation sites (N-methyl/N-ethyl adjacent to an activating group) is 1. The maximum atomic E-state index is 12.4. The van der Waals surface area contributed by atoms with E-state index in [1.165, 1.54) is 5.56 Å². The van der Waals surface area contributed by atoms with Crippen LogP contribution in [0.25, 0.3) is 0 Å². The third-order valence-corrected chi connectivity index (χ3v) is 4.91. The number of ketones is 1. The first-order valence-electron chi connectivity index (χ1n) is 7.86. The Kier molecular flexibility index (Phi) is 4.50. The second-order valence-electron chi connectivity index (χ2n) is 6.44. The lowest BCUT2D eigenvalue weighted by molar-refractivity contribution is -0.116. The number of anilines is 1. The zero-order chi connectivity index (χ0) is 17.3. The SMILES string of the molecule is CN1C(=CC(=O)COc2cccc(Br)c2)C(C)(C)c2ccccc21. The van der Waals surface area contributed by atoms with Crippen LogP contribution >= 0.6 is 15.9 Å². The number of carbonyl (C=O) groups is 1. The molecule has 0 saturated carbocycles. The van der Waals surface area contributed by atoms with Crippen LogP contribution in [0, 0.1) is 0 Å². The van der Waals surface area contributed by atoms with E-state index in [1.807, 2.05) is 43.4 Å². The van der Waals surface area contributed by atoms with Gasteiger partial charge in [0, 0.05) is 34.4 Å². The van der Waals surface area contributed by atoms with Gasteiger partial charge in [0.1, 0.15) is 5.75 Å². The molecule has 124 valence electrons. The molecule has 1 aliphatic heterocycles. The maximum absolute atomic E-state index is 12.4. The number of fused-ring (bicyclic) bond motifs is 1. The first-order valence-corrected chi connectivity index (χ1v) is 8.65. The molecule has 0 atom stereocenters. The Morgan fingerprint density at radius 2 is 1.96 bits per heavy atom. The standard InChI is InChI=1S/C20H20BrNO2/c1-20(2)17-9-4-5-10-18(17)22(3)19(20)12-15(23)13-24-16-8-6-7-14(21)11-16/h4-12H,13H2,1-3H3. The molecule has 0 aromatic heterocycles. The molecule has 3 rings (SSSR count). The normalized spacial score (nSPS) is 17.0. The van der Waals surface area contributed by atoms with Crippen LogP contribution in [0.5, 0.6) is 5.75 Å². The number of ether oxygens (including phenoxy) is 1. The van der Waals surface area contributed by atoms with Crippen LogP contribution in [0.1, 0.15) is 19.4 Å². The Morgan fingerprint density at radius 1 is 1.21 bits per heavy atom. The third kappa shape index (κ3) is 3.11. The summed E-state index contributed by atoms with van der Waals surface area (Å²) in [5.41, 5.74) is 3.18. The first-order chi connectivity index (χ1) is 11.4. The molecule has 1 heterocycles. The summed E-state index contributed by atoms with van der Waals surface area (Å²) in [5, 5.41) is 0. The number of benzene rings is 2. The van der Waals surface area contributed by atoms with E-state index in [2.05, 4.69) is 46.8 Å². The fourth-order valence-corrected chi connectivity index (χ4v) is 3.54. The molecule has 2 aromatic rings. The van der Waals surface area contributed by atoms with Crippen LogP contribution < -0.4 is 9.64 Å². The lowest BCUT2D eigenvalue weighted by Crippen LogP contribution is -2.25. The number of carbonyl (C=O) groups excluding carboxylic acids is 1. The highest BCUT2D eigenvalue weighted by atomic mass is 79.9. The first kappa shape index (κ1) is 16.8. The van der Waals surface area contributed by atoms with Crippen LogP contribution in [0.15, 0.2) is 64.8 Å². The van der Waals surface area contributed by atoms with Crippen LogP contribution in [0.4, 0.5) is 5.69 Å². The fourth-order valence-electron chi connectivity index (χ4n) is 3.16. The van der Waals surface area contributed by atoms with Crippen LogP contribution in [-0.2, 0) is 10.2 Å². The summed E-state index contributed by atoms with van der Waals surface area (Å²) in [6.45, 7) is 4.31. The molecular formula is C20H20BrNO2. The molecule has 0 unspecified atom stereocenters. The molecule has 0 fully saturated rings. The molecule has 2 aromatic carbocycles. The third-order valence-electron chi connectivity index (χ3n) is 4.42. The van der Waals surface area contributed by atoms with Gasteiger partial charge in [-0.2, -0.15) is 0 Å². The predicted octanol–water partition coefficient (Wildman–Crippen LogP) is 4.71. The highest BCUT2D eigenvalue weighted by Crippen LogP contribution is 2.46. The van der Waals surface area contributed by atoms with Gasteiger partial charge in [0.15, 0.2) is 12.4 Å². The van der Waals surface area contributed by atoms with E-state index in [1.54, 1.807) is 6.08 Å². The summed E-state index contributed by atoms with van der Waals surface area (Å²) in [6, 6.07) is 15.8. The zero-order valence-corrected chi connectivity index (χ0v) is 15.6. The second-order valence-corrected chi connectivity index (χ2v) is 7.36. The van der Waals surface area contributed by atoms with Crippen molar-refractivity contribution in [3.63, 3.8) is 0 Å². The van der Waals surface area contributed by atoms with E-state index in [4.69, 9.17) is 4.74 Å². The minimum atomic E-state index is -0.198. The van der Waals surface area contributed by atoms with Crippen molar-refractivity contribution in [2.45, 2.75) is 19.3 Å². The van der Waals surface area contributed by atoms with Crippen molar-refractivity contribution in [3.05, 3.63) is 70.3 Å². The molecule has 1 aliphatic rings. The highest BCUT2D eigenvalue weighted by Gasteiger charge is 2.38. The van der Waals surface area contributed by atoms with Gasteiger partial charge in [0.05, 0.1) is 0 Å². The largest absolute Gasteiger partial charge is 0.485 e. The summed E-state index contributed by atoms with van der Waals surface area (Å²) in [4.78, 5) is 14.5. The molecule has 24 heavy (non-hydrogen) atoms. The quantitative estimate of drug-likeness (QED) is 0.713. The maximum Gasteiger partial charge on any atom is 0.194 e. The number of nitrogens with zero attached hydrogens (tertiary/aromatic N) is 1. The van der Waals surface area contributed by atoms with E-state index >= 15 is 0 Å². The summed E-state index contributed by atoms with van der Waals surface area (Å²) >= 11 is 3.40. The summed E-state index contributed by atoms with van der Waals surface area (Å²) < 4.78 is 6.53. The molecule has 3 nitrogen and oxygen atoms in total. The number of hydrogen-bond donors (Lipinski definition) is 0. The van der Waals surface area contributed by atoms with Crippen LogP contribution in [0.3, 0.4) is 0 Å². The Hall–Kier alpha value is -2.07. The lowest BCUT2D eigenvalue weighted by atomic mass is 9.83. The molecule has 4 heteroatoms. The van der Waals surface area contributed by atoms with Gasteiger partial charge in [-0.15, -0.1) is 0 Å². The average Bonchev–Trinajstić information content (AvgIpc) is 2.75. The molecule has 0 spiro atoms. The Morgan fingerprint density at radius 3 is 2.67 bits per heavy atom. The van der Waals surface area contributed by atoms with Gasteiger partial charge in [-0.05, 0) is 29.8 Å². The minimum Gasteiger partial charge on any atom is -0.485 e. The van der Waals surface area contributed by atoms with Gasteiger partial charge in [-0.25, -0.2) is 0 Å². The number of halogens is 1. The van der Waals surface area contributed by atoms with Crippen LogP contribution in [0.2, 0.25) is 0 Å². The number of para-hydroxylation sites is 1. The van der Waals surface area contributed by atoms with Crippen molar-refractivity contribution in [1.29, 1.82) is 0 Å². The van der Waals surface area contributed by atoms with E-state index in [9.17, 15) is 4.79 Å². The Balaban J connectivity index is 1.77. The van der Waals surface area contributed by atoms with E-state index in [-0.39, 0.29) is 17.8 Å². The molecule has 0 aliphatic carbocycles. The molecule has 0 saturated heterocycles. The molecule has 0 N–H and O–H groups in total. The van der Waals surface area contributed by atoms with Gasteiger partial charge < -0.3 is 9.64 Å². The highest BCUT2D eigenvalue weighted by molar-refractivity contribution is 9.10. The topological polar surface area (TPSA) is 29.5 Å². The van der Waals surface area contributed by atoms with Gasteiger partial charge in [0.2, 0.25) is 0 Å². The van der Waals surface area contributed by atoms with Gasteiger partial charge in [0.25, 0.3) is 0 Å². The van der Waals surface area contributed by atoms with Gasteiger partial charge >= 0.3 is 0 Å². The van der Waals surface area contributed by atoms with Crippen molar-refractivity contribution in [2.75, 3.05) is 18.6 Å². The van der Waals surface area contributed by atoms with Gasteiger partial charge in [-0.1, -0.05) is 54.0 Å². The van der Waals surface area contributed by atoms with Crippen LogP contribution in [-0.4, -0.2) is 19.4 Å². The van der Waals surface area contributed by atoms with Crippen molar-refractivity contribution in [1.82, 2.24) is 0 Å². The lowest BCUT2D eigenvalue weighted by Gasteiger charge is -2.23. The number of hydrogen-bond acceptors (Lipinski definition) is 3. The summed E-state index contributed by atoms with van der Waals surface area (Å²) in [5.74, 6) is 0.635. The fraction of sp³-hybridized carbons (Fsp3) is 0.250. The Bertz CT molecular complexity index is 811. The monoisotopic (exact) mass is 385 g/mol. The summed E-state index contributed by atoms with van der Waals surface area (Å²) in [6.07, 6.45) is 1.71. The molecule has 0 radical (unpaired) electrons. The second kappa shape index (κ2) is 6.44. The summed E-state index contributed by atoms with van der Waals surface area (Å²) in [7, 11) is 2.00. The van der Waals surface area contributed by atoms with E-state index in [0.29, 0.717) is 5.75 Å². The predicted molar refractivity (Wildman–Crippen MR) is 101 cm³/mol. The molecule has 0 amide bonds. The minimum absolute atomic E-state index is 0.0280. The van der Waals surface area contributed by atoms with E-state index in [0.717, 1.165) is 15.9 Å². The molecule has 0 bridgehead atoms. The molecular weight excluding hydrogens is 366 g/mol. The van der Waals surface area contributed by atoms with E-state index < -0.39 is 0 Å². The zero-order valence-electron chi connectivity index (χ0n) is 14.0. The van der Waals surface area contributed by atoms with Crippen molar-refractivity contribution in [2.24, 2.45) is 0 Å². The average molecular weight is 386 g/mol. The van der Waals surface area contributed by atoms with Gasteiger partial charge in [-0.3, -0.25) is 4.79 Å². The van der Waals surface area contributed by atoms with Crippen molar-refractivity contribution < 1.29 is 9.53 Å². The smallest absolute Gasteiger partial charge is 0.194 e. The number of rotatable bonds is 4.